The number of sulfonamides is 1. The van der Waals surface area contributed by atoms with Crippen LogP contribution in [0.4, 0.5) is 22.0 Å². The van der Waals surface area contributed by atoms with Gasteiger partial charge in [0.1, 0.15) is 16.5 Å². The number of hydrogen-bond acceptors (Lipinski definition) is 3. The Labute approximate surface area is 124 Å². The lowest BCUT2D eigenvalue weighted by Gasteiger charge is -2.34. The van der Waals surface area contributed by atoms with E-state index >= 15 is 0 Å². The molecule has 1 fully saturated rings. The standard InChI is InChI=1S/C12H13F5N2O2S/c13-9-1-2-11(10(14)7-9)22(20,21)19-5-3-18(4-6-19)8-12(15,16)17/h1-2,7H,3-6,8H2. The van der Waals surface area contributed by atoms with Gasteiger partial charge in [0, 0.05) is 32.2 Å². The van der Waals surface area contributed by atoms with Gasteiger partial charge in [0.25, 0.3) is 0 Å². The van der Waals surface area contributed by atoms with Crippen molar-refractivity contribution in [2.75, 3.05) is 32.7 Å². The summed E-state index contributed by atoms with van der Waals surface area (Å²) in [6.07, 6.45) is -4.36. The second kappa shape index (κ2) is 6.09. The highest BCUT2D eigenvalue weighted by molar-refractivity contribution is 7.89. The first-order valence-electron chi connectivity index (χ1n) is 6.34. The molecule has 0 saturated carbocycles. The predicted octanol–water partition coefficient (Wildman–Crippen LogP) is 1.83. The number of alkyl halides is 3. The molecule has 10 heteroatoms. The van der Waals surface area contributed by atoms with E-state index in [1.807, 2.05) is 0 Å². The van der Waals surface area contributed by atoms with Gasteiger partial charge >= 0.3 is 6.18 Å². The van der Waals surface area contributed by atoms with Gasteiger partial charge in [-0.15, -0.1) is 0 Å². The van der Waals surface area contributed by atoms with Crippen LogP contribution in [0.3, 0.4) is 0 Å². The average Bonchev–Trinajstić information content (AvgIpc) is 2.36. The van der Waals surface area contributed by atoms with Crippen molar-refractivity contribution in [2.45, 2.75) is 11.1 Å². The van der Waals surface area contributed by atoms with E-state index < -0.39 is 39.3 Å². The van der Waals surface area contributed by atoms with Crippen molar-refractivity contribution in [3.63, 3.8) is 0 Å². The maximum absolute atomic E-state index is 13.6. The number of rotatable bonds is 3. The first kappa shape index (κ1) is 17.1. The Bertz CT molecular complexity index is 639. The molecule has 0 spiro atoms. The minimum Gasteiger partial charge on any atom is -0.292 e. The second-order valence-electron chi connectivity index (χ2n) is 4.87. The molecular weight excluding hydrogens is 331 g/mol. The Kier molecular flexibility index (Phi) is 4.73. The summed E-state index contributed by atoms with van der Waals surface area (Å²) in [4.78, 5) is 0.394. The van der Waals surface area contributed by atoms with Gasteiger partial charge in [0.15, 0.2) is 0 Å². The summed E-state index contributed by atoms with van der Waals surface area (Å²) in [5.41, 5.74) is 0. The summed E-state index contributed by atoms with van der Waals surface area (Å²) >= 11 is 0. The van der Waals surface area contributed by atoms with E-state index in [1.165, 1.54) is 0 Å². The van der Waals surface area contributed by atoms with Crippen molar-refractivity contribution < 1.29 is 30.4 Å². The third-order valence-electron chi connectivity index (χ3n) is 3.25. The van der Waals surface area contributed by atoms with Crippen LogP contribution in [0.5, 0.6) is 0 Å². The Balaban J connectivity index is 2.10. The molecule has 0 N–H and O–H groups in total. The smallest absolute Gasteiger partial charge is 0.292 e. The predicted molar refractivity (Wildman–Crippen MR) is 67.6 cm³/mol. The van der Waals surface area contributed by atoms with Crippen molar-refractivity contribution >= 4 is 10.0 Å². The van der Waals surface area contributed by atoms with Gasteiger partial charge in [0.05, 0.1) is 6.54 Å². The monoisotopic (exact) mass is 344 g/mol. The van der Waals surface area contributed by atoms with Crippen LogP contribution in [0.1, 0.15) is 0 Å². The fourth-order valence-electron chi connectivity index (χ4n) is 2.21. The van der Waals surface area contributed by atoms with Crippen LogP contribution in [-0.4, -0.2) is 56.5 Å². The van der Waals surface area contributed by atoms with Crippen LogP contribution in [0.2, 0.25) is 0 Å². The lowest BCUT2D eigenvalue weighted by molar-refractivity contribution is -0.148. The van der Waals surface area contributed by atoms with Crippen LogP contribution in [0, 0.1) is 11.6 Å². The Morgan fingerprint density at radius 2 is 1.64 bits per heavy atom. The van der Waals surface area contributed by atoms with Gasteiger partial charge in [-0.3, -0.25) is 4.90 Å². The molecule has 2 rings (SSSR count). The number of hydrogen-bond donors (Lipinski definition) is 0. The lowest BCUT2D eigenvalue weighted by Crippen LogP contribution is -2.50. The molecule has 4 nitrogen and oxygen atoms in total. The molecule has 124 valence electrons. The van der Waals surface area contributed by atoms with E-state index in [0.29, 0.717) is 6.07 Å². The van der Waals surface area contributed by atoms with E-state index in [-0.39, 0.29) is 26.2 Å². The van der Waals surface area contributed by atoms with Crippen molar-refractivity contribution in [3.05, 3.63) is 29.8 Å². The third-order valence-corrected chi connectivity index (χ3v) is 5.18. The van der Waals surface area contributed by atoms with Gasteiger partial charge < -0.3 is 0 Å². The first-order chi connectivity index (χ1) is 10.1. The molecule has 0 unspecified atom stereocenters. The van der Waals surface area contributed by atoms with Gasteiger partial charge in [-0.05, 0) is 12.1 Å². The molecule has 1 aromatic carbocycles. The highest BCUT2D eigenvalue weighted by Crippen LogP contribution is 2.23. The molecule has 1 saturated heterocycles. The quantitative estimate of drug-likeness (QED) is 0.786. The molecule has 0 atom stereocenters. The molecule has 1 aliphatic rings. The van der Waals surface area contributed by atoms with E-state index in [2.05, 4.69) is 0 Å². The van der Waals surface area contributed by atoms with Gasteiger partial charge in [-0.1, -0.05) is 0 Å². The average molecular weight is 344 g/mol. The largest absolute Gasteiger partial charge is 0.401 e. The molecular formula is C12H13F5N2O2S. The highest BCUT2D eigenvalue weighted by atomic mass is 32.2. The molecule has 22 heavy (non-hydrogen) atoms. The molecule has 0 aliphatic carbocycles. The molecule has 0 radical (unpaired) electrons. The van der Waals surface area contributed by atoms with Gasteiger partial charge in [-0.2, -0.15) is 17.5 Å². The van der Waals surface area contributed by atoms with Crippen LogP contribution in [0.25, 0.3) is 0 Å². The topological polar surface area (TPSA) is 40.6 Å². The summed E-state index contributed by atoms with van der Waals surface area (Å²) in [7, 11) is -4.19. The van der Waals surface area contributed by atoms with E-state index in [9.17, 15) is 30.4 Å². The van der Waals surface area contributed by atoms with Gasteiger partial charge in [0.2, 0.25) is 10.0 Å². The zero-order valence-electron chi connectivity index (χ0n) is 11.3. The van der Waals surface area contributed by atoms with Crippen molar-refractivity contribution in [1.82, 2.24) is 9.21 Å². The SMILES string of the molecule is O=S(=O)(c1ccc(F)cc1F)N1CCN(CC(F)(F)F)CC1. The zero-order chi connectivity index (χ0) is 16.5. The van der Waals surface area contributed by atoms with Crippen molar-refractivity contribution in [3.8, 4) is 0 Å². The Morgan fingerprint density at radius 3 is 2.14 bits per heavy atom. The fraction of sp³-hybridized carbons (Fsp3) is 0.500. The number of benzene rings is 1. The van der Waals surface area contributed by atoms with Crippen LogP contribution >= 0.6 is 0 Å². The fourth-order valence-corrected chi connectivity index (χ4v) is 3.67. The van der Waals surface area contributed by atoms with Crippen LogP contribution in [0.15, 0.2) is 23.1 Å². The summed E-state index contributed by atoms with van der Waals surface area (Å²) < 4.78 is 88.6. The Hall–Kier alpha value is -1.26. The number of nitrogens with zero attached hydrogens (tertiary/aromatic N) is 2. The molecule has 0 bridgehead atoms. The van der Waals surface area contributed by atoms with E-state index in [0.717, 1.165) is 21.3 Å². The summed E-state index contributed by atoms with van der Waals surface area (Å²) in [6.45, 7) is -1.71. The maximum Gasteiger partial charge on any atom is 0.401 e. The maximum atomic E-state index is 13.6. The molecule has 0 aromatic heterocycles. The number of piperazine rings is 1. The van der Waals surface area contributed by atoms with Crippen molar-refractivity contribution in [2.24, 2.45) is 0 Å². The normalized spacial score (nSPS) is 18.6. The summed E-state index contributed by atoms with van der Waals surface area (Å²) in [5, 5.41) is 0. The minimum atomic E-state index is -4.36. The first-order valence-corrected chi connectivity index (χ1v) is 7.78. The molecule has 1 aromatic rings. The molecule has 1 aliphatic heterocycles. The third kappa shape index (κ3) is 3.93. The Morgan fingerprint density at radius 1 is 1.05 bits per heavy atom. The second-order valence-corrected chi connectivity index (χ2v) is 6.78. The van der Waals surface area contributed by atoms with E-state index in [1.54, 1.807) is 0 Å². The molecule has 0 amide bonds. The molecule has 1 heterocycles. The van der Waals surface area contributed by atoms with Crippen LogP contribution in [-0.2, 0) is 10.0 Å². The minimum absolute atomic E-state index is 0.110. The summed E-state index contributed by atoms with van der Waals surface area (Å²) in [5.74, 6) is -2.14. The van der Waals surface area contributed by atoms with Crippen molar-refractivity contribution in [1.29, 1.82) is 0 Å². The lowest BCUT2D eigenvalue weighted by atomic mass is 10.3. The summed E-state index contributed by atoms with van der Waals surface area (Å²) in [6, 6.07) is 2.07. The van der Waals surface area contributed by atoms with Crippen LogP contribution < -0.4 is 0 Å². The number of halogens is 5. The highest BCUT2D eigenvalue weighted by Gasteiger charge is 2.35. The van der Waals surface area contributed by atoms with Gasteiger partial charge in [-0.25, -0.2) is 17.2 Å². The van der Waals surface area contributed by atoms with E-state index in [4.69, 9.17) is 0 Å². The zero-order valence-corrected chi connectivity index (χ0v) is 12.1.